The van der Waals surface area contributed by atoms with Crippen LogP contribution in [0.1, 0.15) is 23.8 Å². The molecule has 0 aliphatic carbocycles. The van der Waals surface area contributed by atoms with E-state index in [2.05, 4.69) is 15.3 Å². The van der Waals surface area contributed by atoms with Gasteiger partial charge < -0.3 is 19.5 Å². The molecule has 0 saturated heterocycles. The van der Waals surface area contributed by atoms with E-state index >= 15 is 0 Å². The summed E-state index contributed by atoms with van der Waals surface area (Å²) in [5, 5.41) is 3.48. The number of methoxy groups -OCH3 is 2. The van der Waals surface area contributed by atoms with Gasteiger partial charge in [0.05, 0.1) is 42.6 Å². The van der Waals surface area contributed by atoms with E-state index in [1.54, 1.807) is 18.2 Å². The minimum atomic E-state index is -0.554. The van der Waals surface area contributed by atoms with Gasteiger partial charge in [-0.15, -0.1) is 0 Å². The minimum absolute atomic E-state index is 0.0844. The van der Waals surface area contributed by atoms with E-state index in [4.69, 9.17) is 25.8 Å². The molecular weight excluding hydrogens is 382 g/mol. The Bertz CT molecular complexity index is 1010. The molecule has 0 aliphatic rings. The van der Waals surface area contributed by atoms with Crippen LogP contribution in [0.5, 0.6) is 11.5 Å². The van der Waals surface area contributed by atoms with Gasteiger partial charge in [-0.05, 0) is 24.6 Å². The molecule has 0 spiro atoms. The molecule has 0 unspecified atom stereocenters. The van der Waals surface area contributed by atoms with Crippen molar-refractivity contribution in [3.8, 4) is 11.5 Å². The molecule has 3 rings (SSSR count). The number of esters is 1. The van der Waals surface area contributed by atoms with Crippen LogP contribution in [0.4, 0.5) is 11.5 Å². The van der Waals surface area contributed by atoms with Gasteiger partial charge in [0.25, 0.3) is 0 Å². The molecule has 0 bridgehead atoms. The van der Waals surface area contributed by atoms with Gasteiger partial charge >= 0.3 is 5.97 Å². The molecule has 8 heteroatoms. The Hall–Kier alpha value is -3.06. The summed E-state index contributed by atoms with van der Waals surface area (Å²) in [7, 11) is 3.04. The monoisotopic (exact) mass is 401 g/mol. The summed E-state index contributed by atoms with van der Waals surface area (Å²) in [5.74, 6) is 0.640. The smallest absolute Gasteiger partial charge is 0.360 e. The van der Waals surface area contributed by atoms with Crippen LogP contribution in [0.3, 0.4) is 0 Å². The zero-order valence-corrected chi connectivity index (χ0v) is 16.5. The number of fused-ring (bicyclic) bond motifs is 1. The summed E-state index contributed by atoms with van der Waals surface area (Å²) in [6.45, 7) is 2.22. The Morgan fingerprint density at radius 3 is 2.39 bits per heavy atom. The van der Waals surface area contributed by atoms with Crippen LogP contribution in [0, 0.1) is 0 Å². The molecule has 0 fully saturated rings. The predicted octanol–water partition coefficient (Wildman–Crippen LogP) is 4.61. The van der Waals surface area contributed by atoms with Crippen LogP contribution in [0.2, 0.25) is 5.02 Å². The number of carbonyl (C=O) groups excluding carboxylic acids is 1. The first kappa shape index (κ1) is 19.7. The van der Waals surface area contributed by atoms with Gasteiger partial charge in [0.2, 0.25) is 0 Å². The molecule has 1 N–H and O–H groups in total. The van der Waals surface area contributed by atoms with Gasteiger partial charge in [0.1, 0.15) is 11.5 Å². The average molecular weight is 402 g/mol. The fourth-order valence-corrected chi connectivity index (χ4v) is 2.82. The number of anilines is 2. The second-order valence-electron chi connectivity index (χ2n) is 5.86. The SMILES string of the molecule is CCCOC(=O)c1nc2ccccc2nc1Nc1cc(Cl)c(OC)cc1OC. The number of hydrogen-bond acceptors (Lipinski definition) is 7. The van der Waals surface area contributed by atoms with Gasteiger partial charge in [-0.25, -0.2) is 14.8 Å². The highest BCUT2D eigenvalue weighted by molar-refractivity contribution is 6.32. The second kappa shape index (κ2) is 8.75. The number of rotatable bonds is 7. The lowest BCUT2D eigenvalue weighted by Crippen LogP contribution is -2.13. The third-order valence-corrected chi connectivity index (χ3v) is 4.22. The predicted molar refractivity (Wildman–Crippen MR) is 108 cm³/mol. The van der Waals surface area contributed by atoms with E-state index < -0.39 is 5.97 Å². The Morgan fingerprint density at radius 1 is 1.07 bits per heavy atom. The molecule has 0 saturated carbocycles. The Morgan fingerprint density at radius 2 is 1.75 bits per heavy atom. The van der Waals surface area contributed by atoms with Crippen LogP contribution in [0.15, 0.2) is 36.4 Å². The van der Waals surface area contributed by atoms with E-state index in [0.717, 1.165) is 0 Å². The maximum Gasteiger partial charge on any atom is 0.360 e. The van der Waals surface area contributed by atoms with E-state index in [9.17, 15) is 4.79 Å². The van der Waals surface area contributed by atoms with Crippen molar-refractivity contribution in [3.63, 3.8) is 0 Å². The van der Waals surface area contributed by atoms with Crippen LogP contribution in [-0.2, 0) is 4.74 Å². The lowest BCUT2D eigenvalue weighted by Gasteiger charge is -2.15. The number of hydrogen-bond donors (Lipinski definition) is 1. The van der Waals surface area contributed by atoms with Crippen molar-refractivity contribution in [1.29, 1.82) is 0 Å². The zero-order valence-electron chi connectivity index (χ0n) is 15.8. The van der Waals surface area contributed by atoms with Gasteiger partial charge in [-0.2, -0.15) is 0 Å². The number of benzene rings is 2. The fourth-order valence-electron chi connectivity index (χ4n) is 2.58. The van der Waals surface area contributed by atoms with Crippen molar-refractivity contribution in [2.24, 2.45) is 0 Å². The quantitative estimate of drug-likeness (QED) is 0.579. The standard InChI is InChI=1S/C20H20ClN3O4/c1-4-9-28-20(25)18-19(23-14-8-6-5-7-13(14)22-18)24-15-10-12(21)16(26-2)11-17(15)27-3/h5-8,10-11H,4,9H2,1-3H3,(H,23,24). The summed E-state index contributed by atoms with van der Waals surface area (Å²) in [4.78, 5) is 21.5. The maximum atomic E-state index is 12.5. The lowest BCUT2D eigenvalue weighted by atomic mass is 10.2. The Kier molecular flexibility index (Phi) is 6.16. The largest absolute Gasteiger partial charge is 0.495 e. The number of nitrogens with one attached hydrogen (secondary N) is 1. The van der Waals surface area contributed by atoms with Crippen molar-refractivity contribution in [3.05, 3.63) is 47.1 Å². The topological polar surface area (TPSA) is 82.6 Å². The molecule has 1 aromatic heterocycles. The second-order valence-corrected chi connectivity index (χ2v) is 6.26. The summed E-state index contributed by atoms with van der Waals surface area (Å²) in [5.41, 5.74) is 1.83. The molecule has 1 heterocycles. The van der Waals surface area contributed by atoms with Crippen LogP contribution >= 0.6 is 11.6 Å². The van der Waals surface area contributed by atoms with Crippen LogP contribution < -0.4 is 14.8 Å². The molecule has 2 aromatic carbocycles. The third-order valence-electron chi connectivity index (χ3n) is 3.93. The first-order valence-corrected chi connectivity index (χ1v) is 9.07. The number of para-hydroxylation sites is 2. The lowest BCUT2D eigenvalue weighted by molar-refractivity contribution is 0.0499. The van der Waals surface area contributed by atoms with Gasteiger partial charge in [-0.1, -0.05) is 30.7 Å². The number of nitrogens with zero attached hydrogens (tertiary/aromatic N) is 2. The summed E-state index contributed by atoms with van der Waals surface area (Å²) < 4.78 is 15.9. The van der Waals surface area contributed by atoms with E-state index in [1.165, 1.54) is 14.2 Å². The Labute approximate surface area is 167 Å². The van der Waals surface area contributed by atoms with Gasteiger partial charge in [0.15, 0.2) is 11.5 Å². The zero-order chi connectivity index (χ0) is 20.1. The summed E-state index contributed by atoms with van der Waals surface area (Å²) in [6.07, 6.45) is 0.706. The van der Waals surface area contributed by atoms with Crippen molar-refractivity contribution >= 4 is 40.1 Å². The molecule has 7 nitrogen and oxygen atoms in total. The highest BCUT2D eigenvalue weighted by Gasteiger charge is 2.20. The summed E-state index contributed by atoms with van der Waals surface area (Å²) >= 11 is 6.24. The summed E-state index contributed by atoms with van der Waals surface area (Å²) in [6, 6.07) is 10.6. The van der Waals surface area contributed by atoms with E-state index in [1.807, 2.05) is 25.1 Å². The number of carbonyl (C=O) groups is 1. The first-order chi connectivity index (χ1) is 13.6. The molecule has 0 aliphatic heterocycles. The molecular formula is C20H20ClN3O4. The molecule has 146 valence electrons. The molecule has 3 aromatic rings. The fraction of sp³-hybridized carbons (Fsp3) is 0.250. The van der Waals surface area contributed by atoms with E-state index in [0.29, 0.717) is 46.3 Å². The minimum Gasteiger partial charge on any atom is -0.495 e. The van der Waals surface area contributed by atoms with E-state index in [-0.39, 0.29) is 11.5 Å². The van der Waals surface area contributed by atoms with Crippen molar-refractivity contribution in [2.45, 2.75) is 13.3 Å². The van der Waals surface area contributed by atoms with Crippen molar-refractivity contribution in [2.75, 3.05) is 26.1 Å². The number of halogens is 1. The molecule has 0 radical (unpaired) electrons. The maximum absolute atomic E-state index is 12.5. The highest BCUT2D eigenvalue weighted by Crippen LogP contribution is 2.37. The van der Waals surface area contributed by atoms with Crippen LogP contribution in [-0.4, -0.2) is 36.8 Å². The van der Waals surface area contributed by atoms with Gasteiger partial charge in [-0.3, -0.25) is 0 Å². The van der Waals surface area contributed by atoms with Crippen LogP contribution in [0.25, 0.3) is 11.0 Å². The number of ether oxygens (including phenoxy) is 3. The van der Waals surface area contributed by atoms with Crippen molar-refractivity contribution < 1.29 is 19.0 Å². The van der Waals surface area contributed by atoms with Crippen molar-refractivity contribution in [1.82, 2.24) is 9.97 Å². The average Bonchev–Trinajstić information content (AvgIpc) is 2.71. The molecule has 0 atom stereocenters. The highest BCUT2D eigenvalue weighted by atomic mass is 35.5. The first-order valence-electron chi connectivity index (χ1n) is 8.69. The normalized spacial score (nSPS) is 10.6. The molecule has 0 amide bonds. The van der Waals surface area contributed by atoms with Gasteiger partial charge in [0, 0.05) is 6.07 Å². The number of aromatic nitrogens is 2. The molecule has 28 heavy (non-hydrogen) atoms. The Balaban J connectivity index is 2.08. The third kappa shape index (κ3) is 4.09.